The van der Waals surface area contributed by atoms with Crippen molar-refractivity contribution < 1.29 is 18.8 Å². The van der Waals surface area contributed by atoms with Gasteiger partial charge in [-0.25, -0.2) is 4.39 Å². The fourth-order valence-electron chi connectivity index (χ4n) is 3.88. The summed E-state index contributed by atoms with van der Waals surface area (Å²) in [6, 6.07) is 13.5. The second kappa shape index (κ2) is 11.2. The number of likely N-dealkylation sites (tertiary alicyclic amines) is 1. The Kier molecular flexibility index (Phi) is 7.81. The molecule has 1 aliphatic heterocycles. The molecule has 0 radical (unpaired) electrons. The summed E-state index contributed by atoms with van der Waals surface area (Å²) in [4.78, 5) is 39.2. The van der Waals surface area contributed by atoms with Gasteiger partial charge in [0.2, 0.25) is 15.9 Å². The third-order valence-electron chi connectivity index (χ3n) is 5.87. The van der Waals surface area contributed by atoms with Crippen LogP contribution in [0.15, 0.2) is 48.5 Å². The summed E-state index contributed by atoms with van der Waals surface area (Å²) < 4.78 is 13.3. The number of carbonyl (C=O) groups excluding carboxylic acids is 3. The predicted octanol–water partition coefficient (Wildman–Crippen LogP) is 3.80. The Morgan fingerprint density at radius 1 is 1.06 bits per heavy atom. The summed E-state index contributed by atoms with van der Waals surface area (Å²) in [5.41, 5.74) is 2.44. The third-order valence-corrected chi connectivity index (χ3v) is 6.78. The molecule has 0 saturated carbocycles. The van der Waals surface area contributed by atoms with Crippen LogP contribution < -0.4 is 10.6 Å². The van der Waals surface area contributed by atoms with E-state index in [1.165, 1.54) is 12.1 Å². The number of aromatic nitrogens is 2. The van der Waals surface area contributed by atoms with Gasteiger partial charge in [0, 0.05) is 31.7 Å². The van der Waals surface area contributed by atoms with E-state index in [9.17, 15) is 18.8 Å². The van der Waals surface area contributed by atoms with Crippen molar-refractivity contribution in [1.82, 2.24) is 20.4 Å². The van der Waals surface area contributed by atoms with Crippen LogP contribution in [0.3, 0.4) is 0 Å². The van der Waals surface area contributed by atoms with Crippen molar-refractivity contribution in [3.63, 3.8) is 0 Å². The molecule has 0 bridgehead atoms. The summed E-state index contributed by atoms with van der Waals surface area (Å²) in [5, 5.41) is 13.7. The largest absolute Gasteiger partial charge is 0.352 e. The molecule has 0 unspecified atom stereocenters. The van der Waals surface area contributed by atoms with Gasteiger partial charge in [-0.1, -0.05) is 41.2 Å². The Hall–Kier alpha value is -3.66. The smallest absolute Gasteiger partial charge is 0.286 e. The number of halogens is 1. The molecule has 0 atom stereocenters. The number of nitrogens with one attached hydrogen (secondary N) is 2. The van der Waals surface area contributed by atoms with Crippen molar-refractivity contribution >= 4 is 34.7 Å². The van der Waals surface area contributed by atoms with Gasteiger partial charge in [-0.3, -0.25) is 14.4 Å². The van der Waals surface area contributed by atoms with E-state index < -0.39 is 5.91 Å². The highest BCUT2D eigenvalue weighted by Gasteiger charge is 2.28. The van der Waals surface area contributed by atoms with E-state index in [0.29, 0.717) is 43.6 Å². The van der Waals surface area contributed by atoms with E-state index in [1.54, 1.807) is 29.2 Å². The van der Waals surface area contributed by atoms with Gasteiger partial charge in [0.1, 0.15) is 5.82 Å². The van der Waals surface area contributed by atoms with Gasteiger partial charge in [0.05, 0.1) is 0 Å². The first-order valence-corrected chi connectivity index (χ1v) is 12.2. The number of anilines is 1. The number of nitrogens with zero attached hydrogens (tertiary/aromatic N) is 3. The van der Waals surface area contributed by atoms with Crippen LogP contribution in [0.5, 0.6) is 0 Å². The average molecular weight is 496 g/mol. The number of rotatable bonds is 7. The lowest BCUT2D eigenvalue weighted by molar-refractivity contribution is -0.122. The van der Waals surface area contributed by atoms with Gasteiger partial charge >= 0.3 is 0 Å². The first-order chi connectivity index (χ1) is 16.9. The van der Waals surface area contributed by atoms with Crippen LogP contribution >= 0.6 is 11.3 Å². The average Bonchev–Trinajstić information content (AvgIpc) is 3.35. The van der Waals surface area contributed by atoms with E-state index in [1.807, 2.05) is 19.1 Å². The van der Waals surface area contributed by atoms with Crippen molar-refractivity contribution in [2.24, 2.45) is 5.92 Å². The molecule has 1 aromatic heterocycles. The predicted molar refractivity (Wildman–Crippen MR) is 131 cm³/mol. The minimum atomic E-state index is -0.409. The standard InChI is InChI=1S/C25H26FN5O3S/c1-16-5-7-20(8-6-16)28-22(33)23-29-30-24(35-23)25(34)31-11-9-17(10-12-31)14-21(32)27-15-18-3-2-4-19(26)13-18/h2-8,13,17H,9-12,14-15H2,1H3,(H,27,32)(H,28,33). The summed E-state index contributed by atoms with van der Waals surface area (Å²) in [5.74, 6) is -0.924. The maximum atomic E-state index is 13.3. The number of amides is 3. The molecule has 0 spiro atoms. The van der Waals surface area contributed by atoms with E-state index in [0.717, 1.165) is 16.9 Å². The second-order valence-corrected chi connectivity index (χ2v) is 9.56. The lowest BCUT2D eigenvalue weighted by atomic mass is 9.93. The molecule has 4 rings (SSSR count). The van der Waals surface area contributed by atoms with Crippen LogP contribution in [0.4, 0.5) is 10.1 Å². The van der Waals surface area contributed by atoms with Gasteiger partial charge in [0.25, 0.3) is 11.8 Å². The summed E-state index contributed by atoms with van der Waals surface area (Å²) >= 11 is 0.966. The first kappa shape index (κ1) is 24.5. The van der Waals surface area contributed by atoms with Crippen LogP contribution in [0, 0.1) is 18.7 Å². The zero-order valence-electron chi connectivity index (χ0n) is 19.3. The van der Waals surface area contributed by atoms with Gasteiger partial charge in [-0.05, 0) is 55.5 Å². The fourth-order valence-corrected chi connectivity index (χ4v) is 4.59. The van der Waals surface area contributed by atoms with Crippen molar-refractivity contribution in [2.45, 2.75) is 32.7 Å². The summed E-state index contributed by atoms with van der Waals surface area (Å²) in [7, 11) is 0. The molecule has 2 N–H and O–H groups in total. The zero-order chi connectivity index (χ0) is 24.8. The molecular formula is C25H26FN5O3S. The highest BCUT2D eigenvalue weighted by Crippen LogP contribution is 2.23. The Morgan fingerprint density at radius 3 is 2.49 bits per heavy atom. The molecule has 10 heteroatoms. The lowest BCUT2D eigenvalue weighted by Gasteiger charge is -2.31. The van der Waals surface area contributed by atoms with Crippen LogP contribution in [0.2, 0.25) is 0 Å². The monoisotopic (exact) mass is 495 g/mol. The zero-order valence-corrected chi connectivity index (χ0v) is 20.1. The molecule has 0 aliphatic carbocycles. The van der Waals surface area contributed by atoms with Crippen molar-refractivity contribution in [2.75, 3.05) is 18.4 Å². The highest BCUT2D eigenvalue weighted by molar-refractivity contribution is 7.15. The van der Waals surface area contributed by atoms with Crippen LogP contribution in [0.25, 0.3) is 0 Å². The van der Waals surface area contributed by atoms with E-state index in [2.05, 4.69) is 20.8 Å². The molecule has 1 aliphatic rings. The number of hydrogen-bond acceptors (Lipinski definition) is 6. The van der Waals surface area contributed by atoms with Crippen LogP contribution in [-0.4, -0.2) is 45.9 Å². The van der Waals surface area contributed by atoms with Gasteiger partial charge in [0.15, 0.2) is 0 Å². The Bertz CT molecular complexity index is 1210. The Labute approximate surface area is 206 Å². The van der Waals surface area contributed by atoms with Crippen molar-refractivity contribution in [3.8, 4) is 0 Å². The maximum absolute atomic E-state index is 13.3. The third kappa shape index (κ3) is 6.69. The van der Waals surface area contributed by atoms with Gasteiger partial charge < -0.3 is 15.5 Å². The number of benzene rings is 2. The first-order valence-electron chi connectivity index (χ1n) is 11.4. The molecule has 182 valence electrons. The van der Waals surface area contributed by atoms with Crippen molar-refractivity contribution in [1.29, 1.82) is 0 Å². The Balaban J connectivity index is 1.23. The molecule has 2 aromatic carbocycles. The molecule has 2 heterocycles. The quantitative estimate of drug-likeness (QED) is 0.519. The molecule has 8 nitrogen and oxygen atoms in total. The van der Waals surface area contributed by atoms with Crippen LogP contribution in [-0.2, 0) is 11.3 Å². The number of hydrogen-bond donors (Lipinski definition) is 2. The topological polar surface area (TPSA) is 104 Å². The molecule has 1 fully saturated rings. The summed E-state index contributed by atoms with van der Waals surface area (Å²) in [6.07, 6.45) is 1.75. The maximum Gasteiger partial charge on any atom is 0.286 e. The number of piperidine rings is 1. The molecular weight excluding hydrogens is 469 g/mol. The second-order valence-electron chi connectivity index (χ2n) is 8.58. The van der Waals surface area contributed by atoms with E-state index in [4.69, 9.17) is 0 Å². The molecule has 3 amide bonds. The number of carbonyl (C=O) groups is 3. The van der Waals surface area contributed by atoms with Crippen molar-refractivity contribution in [3.05, 3.63) is 75.5 Å². The van der Waals surface area contributed by atoms with Gasteiger partial charge in [-0.15, -0.1) is 10.2 Å². The van der Waals surface area contributed by atoms with Crippen LogP contribution in [0.1, 0.15) is 50.0 Å². The van der Waals surface area contributed by atoms with E-state index in [-0.39, 0.29) is 40.1 Å². The summed E-state index contributed by atoms with van der Waals surface area (Å²) in [6.45, 7) is 3.25. The minimum absolute atomic E-state index is 0.0904. The minimum Gasteiger partial charge on any atom is -0.352 e. The fraction of sp³-hybridized carbons (Fsp3) is 0.320. The van der Waals surface area contributed by atoms with E-state index >= 15 is 0 Å². The lowest BCUT2D eigenvalue weighted by Crippen LogP contribution is -2.39. The Morgan fingerprint density at radius 2 is 1.77 bits per heavy atom. The molecule has 1 saturated heterocycles. The SMILES string of the molecule is Cc1ccc(NC(=O)c2nnc(C(=O)N3CCC(CC(=O)NCc4cccc(F)c4)CC3)s2)cc1. The molecule has 3 aromatic rings. The molecule has 35 heavy (non-hydrogen) atoms. The number of aryl methyl sites for hydroxylation is 1. The highest BCUT2D eigenvalue weighted by atomic mass is 32.1. The normalized spacial score (nSPS) is 13.9. The van der Waals surface area contributed by atoms with Gasteiger partial charge in [-0.2, -0.15) is 0 Å².